The second-order valence-corrected chi connectivity index (χ2v) is 7.65. The van der Waals surface area contributed by atoms with Gasteiger partial charge < -0.3 is 19.7 Å². The van der Waals surface area contributed by atoms with E-state index in [-0.39, 0.29) is 17.7 Å². The van der Waals surface area contributed by atoms with E-state index in [0.29, 0.717) is 13.1 Å². The predicted octanol–water partition coefficient (Wildman–Crippen LogP) is 1.29. The van der Waals surface area contributed by atoms with Crippen LogP contribution in [0.2, 0.25) is 0 Å². The molecule has 0 saturated carbocycles. The molecule has 0 aromatic carbocycles. The molecular formula is C16H27N5O3. The van der Waals surface area contributed by atoms with Gasteiger partial charge in [0.2, 0.25) is 0 Å². The topological polar surface area (TPSA) is 81.5 Å². The summed E-state index contributed by atoms with van der Waals surface area (Å²) in [5.74, 6) is 0.955. The number of methoxy groups -OCH3 is 1. The molecule has 2 aliphatic heterocycles. The minimum Gasteiger partial charge on any atom is -0.444 e. The van der Waals surface area contributed by atoms with Gasteiger partial charge in [0.05, 0.1) is 19.1 Å². The number of fused-ring (bicyclic) bond motifs is 2. The second-order valence-electron chi connectivity index (χ2n) is 7.65. The predicted molar refractivity (Wildman–Crippen MR) is 87.7 cm³/mol. The number of ether oxygens (including phenoxy) is 2. The number of likely N-dealkylation sites (tertiary alicyclic amines) is 1. The molecule has 134 valence electrons. The lowest BCUT2D eigenvalue weighted by molar-refractivity contribution is -0.0313. The Morgan fingerprint density at radius 1 is 1.46 bits per heavy atom. The zero-order valence-corrected chi connectivity index (χ0v) is 14.9. The van der Waals surface area contributed by atoms with Crippen molar-refractivity contribution < 1.29 is 14.3 Å². The molecule has 1 atom stereocenters. The maximum absolute atomic E-state index is 12.2. The first kappa shape index (κ1) is 17.2. The van der Waals surface area contributed by atoms with Crippen molar-refractivity contribution in [3.63, 3.8) is 0 Å². The van der Waals surface area contributed by atoms with Gasteiger partial charge in [-0.3, -0.25) is 0 Å². The fourth-order valence-electron chi connectivity index (χ4n) is 3.45. The Kier molecular flexibility index (Phi) is 4.52. The molecule has 2 aliphatic rings. The molecule has 24 heavy (non-hydrogen) atoms. The zero-order valence-electron chi connectivity index (χ0n) is 14.9. The summed E-state index contributed by atoms with van der Waals surface area (Å²) in [4.78, 5) is 18.3. The Hall–Kier alpha value is -1.67. The van der Waals surface area contributed by atoms with Crippen molar-refractivity contribution in [1.82, 2.24) is 25.0 Å². The summed E-state index contributed by atoms with van der Waals surface area (Å²) in [6.07, 6.45) is 3.19. The number of nitrogens with one attached hydrogen (secondary N) is 1. The van der Waals surface area contributed by atoms with Gasteiger partial charge in [0, 0.05) is 13.7 Å². The summed E-state index contributed by atoms with van der Waals surface area (Å²) in [6, 6.07) is 0.171. The van der Waals surface area contributed by atoms with Gasteiger partial charge in [0.1, 0.15) is 23.3 Å². The smallest absolute Gasteiger partial charge is 0.410 e. The van der Waals surface area contributed by atoms with E-state index in [2.05, 4.69) is 15.4 Å². The number of nitrogens with zero attached hydrogens (tertiary/aromatic N) is 4. The molecule has 0 bridgehead atoms. The van der Waals surface area contributed by atoms with Crippen LogP contribution in [0.25, 0.3) is 0 Å². The first-order valence-electron chi connectivity index (χ1n) is 8.45. The van der Waals surface area contributed by atoms with Gasteiger partial charge in [-0.1, -0.05) is 0 Å². The van der Waals surface area contributed by atoms with E-state index in [4.69, 9.17) is 9.47 Å². The minimum absolute atomic E-state index is 0.151. The summed E-state index contributed by atoms with van der Waals surface area (Å²) in [7, 11) is 1.71. The Morgan fingerprint density at radius 3 is 2.88 bits per heavy atom. The van der Waals surface area contributed by atoms with Crippen LogP contribution in [0.15, 0.2) is 6.33 Å². The molecular weight excluding hydrogens is 310 g/mol. The van der Waals surface area contributed by atoms with Crippen LogP contribution in [-0.4, -0.2) is 64.7 Å². The van der Waals surface area contributed by atoms with Crippen LogP contribution in [-0.2, 0) is 15.0 Å². The summed E-state index contributed by atoms with van der Waals surface area (Å²) in [5.41, 5.74) is -0.624. The van der Waals surface area contributed by atoms with E-state index >= 15 is 0 Å². The van der Waals surface area contributed by atoms with Crippen LogP contribution in [0.1, 0.15) is 45.5 Å². The van der Waals surface area contributed by atoms with Crippen molar-refractivity contribution >= 4 is 6.09 Å². The molecule has 3 heterocycles. The molecule has 1 amide bonds. The van der Waals surface area contributed by atoms with Crippen LogP contribution in [0, 0.1) is 0 Å². The van der Waals surface area contributed by atoms with Crippen LogP contribution >= 0.6 is 0 Å². The fourth-order valence-corrected chi connectivity index (χ4v) is 3.45. The van der Waals surface area contributed by atoms with Gasteiger partial charge in [0.25, 0.3) is 0 Å². The number of rotatable bonds is 5. The molecule has 1 aromatic rings. The molecule has 8 heteroatoms. The van der Waals surface area contributed by atoms with Crippen LogP contribution in [0.4, 0.5) is 4.79 Å². The average molecular weight is 337 g/mol. The number of amides is 1. The second kappa shape index (κ2) is 6.33. The highest BCUT2D eigenvalue weighted by molar-refractivity contribution is 5.69. The van der Waals surface area contributed by atoms with E-state index in [1.165, 1.54) is 0 Å². The molecule has 1 spiro atoms. The van der Waals surface area contributed by atoms with Crippen molar-refractivity contribution in [1.29, 1.82) is 0 Å². The Balaban J connectivity index is 1.60. The van der Waals surface area contributed by atoms with Crippen molar-refractivity contribution in [2.75, 3.05) is 33.4 Å². The molecule has 0 aliphatic carbocycles. The maximum Gasteiger partial charge on any atom is 0.410 e. The quantitative estimate of drug-likeness (QED) is 0.816. The van der Waals surface area contributed by atoms with Crippen LogP contribution < -0.4 is 5.32 Å². The first-order valence-corrected chi connectivity index (χ1v) is 8.45. The van der Waals surface area contributed by atoms with E-state index in [9.17, 15) is 4.79 Å². The monoisotopic (exact) mass is 337 g/mol. The Morgan fingerprint density at radius 2 is 2.21 bits per heavy atom. The SMILES string of the molecule is COCCCNC1CC2(CN(C(=O)OC(C)(C)C)C2)n2ncnc21. The lowest BCUT2D eigenvalue weighted by atomic mass is 9.87. The standard InChI is InChI=1S/C16H27N5O3/c1-15(2,3)24-14(22)20-9-16(10-20)8-12(17-6-5-7-23-4)13-18-11-19-21(13)16/h11-12,17H,5-10H2,1-4H3. The van der Waals surface area contributed by atoms with Crippen molar-refractivity contribution in [3.8, 4) is 0 Å². The summed E-state index contributed by atoms with van der Waals surface area (Å²) in [6.45, 7) is 8.49. The van der Waals surface area contributed by atoms with Gasteiger partial charge in [-0.05, 0) is 40.2 Å². The van der Waals surface area contributed by atoms with Crippen LogP contribution in [0.5, 0.6) is 0 Å². The Labute approximate surface area is 142 Å². The number of hydrogen-bond acceptors (Lipinski definition) is 6. The average Bonchev–Trinajstić information content (AvgIpc) is 3.01. The lowest BCUT2D eigenvalue weighted by Crippen LogP contribution is -2.64. The number of carbonyl (C=O) groups is 1. The van der Waals surface area contributed by atoms with E-state index in [1.807, 2.05) is 25.5 Å². The normalized spacial score (nSPS) is 21.7. The van der Waals surface area contributed by atoms with E-state index in [0.717, 1.165) is 31.8 Å². The molecule has 1 N–H and O–H groups in total. The highest BCUT2D eigenvalue weighted by Gasteiger charge is 2.55. The lowest BCUT2D eigenvalue weighted by Gasteiger charge is -2.47. The molecule has 3 rings (SSSR count). The molecule has 1 aromatic heterocycles. The van der Waals surface area contributed by atoms with Crippen LogP contribution in [0.3, 0.4) is 0 Å². The zero-order chi connectivity index (χ0) is 17.4. The largest absolute Gasteiger partial charge is 0.444 e. The molecule has 1 unspecified atom stereocenters. The van der Waals surface area contributed by atoms with Gasteiger partial charge in [-0.15, -0.1) is 0 Å². The summed E-state index contributed by atoms with van der Waals surface area (Å²) >= 11 is 0. The fraction of sp³-hybridized carbons (Fsp3) is 0.812. The Bertz CT molecular complexity index is 589. The maximum atomic E-state index is 12.2. The summed E-state index contributed by atoms with van der Waals surface area (Å²) in [5, 5.41) is 7.92. The third-order valence-corrected chi connectivity index (χ3v) is 4.46. The third kappa shape index (κ3) is 3.25. The van der Waals surface area contributed by atoms with Gasteiger partial charge >= 0.3 is 6.09 Å². The first-order chi connectivity index (χ1) is 11.3. The number of carbonyl (C=O) groups excluding carboxylic acids is 1. The molecule has 1 saturated heterocycles. The highest BCUT2D eigenvalue weighted by Crippen LogP contribution is 2.43. The van der Waals surface area contributed by atoms with Crippen molar-refractivity contribution in [2.45, 2.75) is 50.8 Å². The van der Waals surface area contributed by atoms with Gasteiger partial charge in [-0.25, -0.2) is 14.5 Å². The number of hydrogen-bond donors (Lipinski definition) is 1. The van der Waals surface area contributed by atoms with E-state index in [1.54, 1.807) is 18.3 Å². The van der Waals surface area contributed by atoms with Gasteiger partial charge in [0.15, 0.2) is 0 Å². The molecule has 1 fully saturated rings. The molecule has 8 nitrogen and oxygen atoms in total. The molecule has 0 radical (unpaired) electrons. The summed E-state index contributed by atoms with van der Waals surface area (Å²) < 4.78 is 12.5. The third-order valence-electron chi connectivity index (χ3n) is 4.46. The highest BCUT2D eigenvalue weighted by atomic mass is 16.6. The van der Waals surface area contributed by atoms with Gasteiger partial charge in [-0.2, -0.15) is 5.10 Å². The number of aromatic nitrogens is 3. The van der Waals surface area contributed by atoms with Crippen molar-refractivity contribution in [3.05, 3.63) is 12.2 Å². The minimum atomic E-state index is -0.473. The van der Waals surface area contributed by atoms with Crippen molar-refractivity contribution in [2.24, 2.45) is 0 Å². The van der Waals surface area contributed by atoms with E-state index < -0.39 is 5.60 Å².